The Balaban J connectivity index is 2.91. The molecule has 0 radical (unpaired) electrons. The van der Waals surface area contributed by atoms with E-state index in [1.54, 1.807) is 0 Å². The minimum Gasteiger partial charge on any atom is -0.323 e. The Labute approximate surface area is 96.8 Å². The van der Waals surface area contributed by atoms with Crippen molar-refractivity contribution in [3.05, 3.63) is 32.4 Å². The molecule has 1 nitrogen and oxygen atoms in total. The minimum atomic E-state index is -0.112. The van der Waals surface area contributed by atoms with E-state index in [0.717, 1.165) is 14.2 Å². The maximum Gasteiger partial charge on any atom is 0.0542 e. The van der Waals surface area contributed by atoms with Crippen molar-refractivity contribution in [2.75, 3.05) is 0 Å². The van der Waals surface area contributed by atoms with Crippen LogP contribution in [0.5, 0.6) is 0 Å². The van der Waals surface area contributed by atoms with E-state index in [1.807, 2.05) is 18.2 Å². The molecular formula is C10H9ClIN. The summed E-state index contributed by atoms with van der Waals surface area (Å²) >= 11 is 8.12. The van der Waals surface area contributed by atoms with Crippen LogP contribution in [0, 0.1) is 15.9 Å². The Morgan fingerprint density at radius 1 is 1.62 bits per heavy atom. The first-order valence-electron chi connectivity index (χ1n) is 3.79. The average Bonchev–Trinajstić information content (AvgIpc) is 2.10. The quantitative estimate of drug-likeness (QED) is 0.660. The summed E-state index contributed by atoms with van der Waals surface area (Å²) in [5.41, 5.74) is 6.81. The number of hydrogen-bond donors (Lipinski definition) is 1. The molecule has 0 aliphatic carbocycles. The van der Waals surface area contributed by atoms with Crippen molar-refractivity contribution < 1.29 is 0 Å². The highest BCUT2D eigenvalue weighted by Crippen LogP contribution is 2.23. The molecule has 1 unspecified atom stereocenters. The van der Waals surface area contributed by atoms with Gasteiger partial charge in [0.15, 0.2) is 0 Å². The van der Waals surface area contributed by atoms with Crippen molar-refractivity contribution in [3.8, 4) is 12.3 Å². The van der Waals surface area contributed by atoms with Gasteiger partial charge in [0.1, 0.15) is 0 Å². The van der Waals surface area contributed by atoms with Crippen molar-refractivity contribution in [3.63, 3.8) is 0 Å². The fourth-order valence-corrected chi connectivity index (χ4v) is 1.51. The number of terminal acetylenes is 1. The normalized spacial score (nSPS) is 12.2. The van der Waals surface area contributed by atoms with Crippen LogP contribution >= 0.6 is 34.2 Å². The third-order valence-corrected chi connectivity index (χ3v) is 3.28. The van der Waals surface area contributed by atoms with Gasteiger partial charge >= 0.3 is 0 Å². The molecular weight excluding hydrogens is 296 g/mol. The Morgan fingerprint density at radius 3 is 2.85 bits per heavy atom. The third kappa shape index (κ3) is 2.87. The van der Waals surface area contributed by atoms with E-state index in [-0.39, 0.29) is 6.04 Å². The van der Waals surface area contributed by atoms with E-state index >= 15 is 0 Å². The molecule has 0 aliphatic rings. The summed E-state index contributed by atoms with van der Waals surface area (Å²) in [5.74, 6) is 2.53. The maximum absolute atomic E-state index is 5.94. The second-order valence-electron chi connectivity index (χ2n) is 2.69. The molecule has 0 aliphatic heterocycles. The van der Waals surface area contributed by atoms with Crippen molar-refractivity contribution in [1.29, 1.82) is 0 Å². The van der Waals surface area contributed by atoms with Gasteiger partial charge in [-0.05, 0) is 40.3 Å². The Kier molecular flexibility index (Phi) is 4.04. The lowest BCUT2D eigenvalue weighted by Gasteiger charge is -2.09. The molecule has 1 aromatic rings. The first-order chi connectivity index (χ1) is 6.15. The summed E-state index contributed by atoms with van der Waals surface area (Å²) in [6.45, 7) is 0. The molecule has 0 bridgehead atoms. The monoisotopic (exact) mass is 305 g/mol. The van der Waals surface area contributed by atoms with Gasteiger partial charge in [0.25, 0.3) is 0 Å². The second-order valence-corrected chi connectivity index (χ2v) is 4.26. The van der Waals surface area contributed by atoms with Gasteiger partial charge in [0.2, 0.25) is 0 Å². The van der Waals surface area contributed by atoms with Crippen molar-refractivity contribution in [1.82, 2.24) is 0 Å². The molecule has 3 heteroatoms. The molecule has 68 valence electrons. The predicted molar refractivity (Wildman–Crippen MR) is 64.5 cm³/mol. The number of benzene rings is 1. The zero-order valence-corrected chi connectivity index (χ0v) is 9.84. The van der Waals surface area contributed by atoms with Crippen LogP contribution in [-0.2, 0) is 0 Å². The third-order valence-electron chi connectivity index (χ3n) is 1.71. The van der Waals surface area contributed by atoms with Gasteiger partial charge in [0, 0.05) is 16.0 Å². The molecule has 0 aromatic heterocycles. The first kappa shape index (κ1) is 10.8. The van der Waals surface area contributed by atoms with Gasteiger partial charge in [-0.3, -0.25) is 0 Å². The van der Waals surface area contributed by atoms with E-state index < -0.39 is 0 Å². The molecule has 0 saturated carbocycles. The summed E-state index contributed by atoms with van der Waals surface area (Å²) in [5, 5.41) is 0.727. The lowest BCUT2D eigenvalue weighted by atomic mass is 10.1. The first-order valence-corrected chi connectivity index (χ1v) is 5.25. The fraction of sp³-hybridized carbons (Fsp3) is 0.200. The maximum atomic E-state index is 5.94. The highest BCUT2D eigenvalue weighted by Gasteiger charge is 2.05. The average molecular weight is 306 g/mol. The summed E-state index contributed by atoms with van der Waals surface area (Å²) in [7, 11) is 0. The second kappa shape index (κ2) is 4.85. The van der Waals surface area contributed by atoms with E-state index in [9.17, 15) is 0 Å². The van der Waals surface area contributed by atoms with Crippen LogP contribution in [0.15, 0.2) is 18.2 Å². The van der Waals surface area contributed by atoms with Crippen molar-refractivity contribution in [2.45, 2.75) is 12.5 Å². The van der Waals surface area contributed by atoms with Gasteiger partial charge in [0.05, 0.1) is 5.02 Å². The zero-order valence-electron chi connectivity index (χ0n) is 6.93. The lowest BCUT2D eigenvalue weighted by Crippen LogP contribution is -2.09. The number of hydrogen-bond acceptors (Lipinski definition) is 1. The van der Waals surface area contributed by atoms with Crippen LogP contribution in [0.2, 0.25) is 5.02 Å². The topological polar surface area (TPSA) is 26.0 Å². The Hall–Kier alpha value is -0.240. The van der Waals surface area contributed by atoms with Gasteiger partial charge in [-0.1, -0.05) is 17.7 Å². The van der Waals surface area contributed by atoms with Crippen LogP contribution in [0.1, 0.15) is 18.0 Å². The summed E-state index contributed by atoms with van der Waals surface area (Å²) in [6, 6.07) is 5.65. The number of rotatable bonds is 2. The number of nitrogens with two attached hydrogens (primary N) is 1. The lowest BCUT2D eigenvalue weighted by molar-refractivity contribution is 0.754. The highest BCUT2D eigenvalue weighted by atomic mass is 127. The van der Waals surface area contributed by atoms with Crippen molar-refractivity contribution in [2.24, 2.45) is 5.73 Å². The molecule has 2 N–H and O–H groups in total. The summed E-state index contributed by atoms with van der Waals surface area (Å²) < 4.78 is 1.02. The Bertz CT molecular complexity index is 343. The van der Waals surface area contributed by atoms with E-state index in [4.69, 9.17) is 23.8 Å². The van der Waals surface area contributed by atoms with Gasteiger partial charge in [-0.25, -0.2) is 0 Å². The van der Waals surface area contributed by atoms with Crippen LogP contribution in [0.3, 0.4) is 0 Å². The summed E-state index contributed by atoms with van der Waals surface area (Å²) in [4.78, 5) is 0. The molecule has 0 spiro atoms. The molecule has 1 atom stereocenters. The predicted octanol–water partition coefficient (Wildman–Crippen LogP) is 2.97. The van der Waals surface area contributed by atoms with Crippen molar-refractivity contribution >= 4 is 34.2 Å². The van der Waals surface area contributed by atoms with Gasteiger partial charge in [-0.15, -0.1) is 12.3 Å². The van der Waals surface area contributed by atoms with Crippen LogP contribution in [-0.4, -0.2) is 0 Å². The van der Waals surface area contributed by atoms with E-state index in [0.29, 0.717) is 6.42 Å². The molecule has 0 fully saturated rings. The molecule has 0 amide bonds. The van der Waals surface area contributed by atoms with Crippen LogP contribution in [0.4, 0.5) is 0 Å². The minimum absolute atomic E-state index is 0.112. The zero-order chi connectivity index (χ0) is 9.84. The summed E-state index contributed by atoms with van der Waals surface area (Å²) in [6.07, 6.45) is 5.71. The molecule has 13 heavy (non-hydrogen) atoms. The van der Waals surface area contributed by atoms with Gasteiger partial charge < -0.3 is 5.73 Å². The van der Waals surface area contributed by atoms with E-state index in [2.05, 4.69) is 28.5 Å². The molecule has 0 saturated heterocycles. The highest BCUT2D eigenvalue weighted by molar-refractivity contribution is 14.1. The smallest absolute Gasteiger partial charge is 0.0542 e. The molecule has 0 heterocycles. The SMILES string of the molecule is C#CCC(N)c1ccc(I)c(Cl)c1. The molecule has 1 aromatic carbocycles. The Morgan fingerprint density at radius 2 is 2.31 bits per heavy atom. The largest absolute Gasteiger partial charge is 0.323 e. The van der Waals surface area contributed by atoms with E-state index in [1.165, 1.54) is 0 Å². The number of halogens is 2. The molecule has 1 rings (SSSR count). The van der Waals surface area contributed by atoms with Crippen LogP contribution in [0.25, 0.3) is 0 Å². The van der Waals surface area contributed by atoms with Crippen LogP contribution < -0.4 is 5.73 Å². The standard InChI is InChI=1S/C10H9ClIN/c1-2-3-10(13)7-4-5-9(12)8(11)6-7/h1,4-6,10H,3,13H2. The van der Waals surface area contributed by atoms with Gasteiger partial charge in [-0.2, -0.15) is 0 Å². The fourth-order valence-electron chi connectivity index (χ4n) is 0.988.